The first-order valence-corrected chi connectivity index (χ1v) is 17.6. The van der Waals surface area contributed by atoms with Gasteiger partial charge in [-0.15, -0.1) is 0 Å². The van der Waals surface area contributed by atoms with E-state index in [-0.39, 0.29) is 0 Å². The van der Waals surface area contributed by atoms with E-state index in [4.69, 9.17) is 6.15 Å². The summed E-state index contributed by atoms with van der Waals surface area (Å²) >= 11 is -3.18. The fourth-order valence-corrected chi connectivity index (χ4v) is 7.66. The molecule has 2 aromatic rings. The van der Waals surface area contributed by atoms with Crippen molar-refractivity contribution >= 4 is 19.2 Å². The van der Waals surface area contributed by atoms with Gasteiger partial charge in [0.1, 0.15) is 0 Å². The third-order valence-corrected chi connectivity index (χ3v) is 8.70. The van der Waals surface area contributed by atoms with Crippen molar-refractivity contribution < 1.29 is 6.15 Å². The molecule has 0 unspecified atom stereocenters. The summed E-state index contributed by atoms with van der Waals surface area (Å²) in [5.41, 5.74) is 5.42. The van der Waals surface area contributed by atoms with Crippen LogP contribution in [0.2, 0.25) is 9.88 Å². The van der Waals surface area contributed by atoms with E-state index in [0.717, 1.165) is 37.2 Å². The van der Waals surface area contributed by atoms with Crippen molar-refractivity contribution in [3.63, 3.8) is 0 Å². The van der Waals surface area contributed by atoms with Gasteiger partial charge in [0.2, 0.25) is 0 Å². The van der Waals surface area contributed by atoms with Crippen LogP contribution in [-0.4, -0.2) is 19.2 Å². The Hall–Kier alpha value is -1.16. The summed E-state index contributed by atoms with van der Waals surface area (Å²) in [6.45, 7) is 8.80. The Kier molecular flexibility index (Phi) is 7.23. The van der Waals surface area contributed by atoms with Gasteiger partial charge in [0.15, 0.2) is 0 Å². The molecule has 2 aromatic carbocycles. The molecular formula is C22H32O2Sn. The standard InChI is InChI=1S/2C10H14O.2CH3.Sn/c2*1-3-8-6-5-7-10(11)9(8)4-2;;;/h2*5-7,11H,3-4H2,1-2H3;2*1H3;/q;;;;+2/p-2. The van der Waals surface area contributed by atoms with Crippen molar-refractivity contribution in [3.8, 4) is 11.5 Å². The van der Waals surface area contributed by atoms with Crippen molar-refractivity contribution in [1.82, 2.24) is 0 Å². The Labute approximate surface area is 158 Å². The fraction of sp³-hybridized carbons (Fsp3) is 0.455. The molecule has 0 spiro atoms. The molecule has 0 N–H and O–H groups in total. The number of aryl methyl sites for hydroxylation is 2. The van der Waals surface area contributed by atoms with Crippen LogP contribution in [0.25, 0.3) is 0 Å². The van der Waals surface area contributed by atoms with E-state index in [2.05, 4.69) is 74.0 Å². The molecule has 2 rings (SSSR count). The molecule has 0 aliphatic carbocycles. The summed E-state index contributed by atoms with van der Waals surface area (Å²) < 4.78 is 13.1. The van der Waals surface area contributed by atoms with Crippen LogP contribution in [0.1, 0.15) is 49.9 Å². The van der Waals surface area contributed by atoms with Crippen LogP contribution in [-0.2, 0) is 25.7 Å². The Bertz CT molecular complexity index is 648. The first-order chi connectivity index (χ1) is 12.0. The Morgan fingerprint density at radius 1 is 0.640 bits per heavy atom. The SMILES string of the molecule is CCc1cccc([O][Sn]([CH3])([CH3])[O]c2cccc(CC)c2CC)c1CC. The van der Waals surface area contributed by atoms with Crippen molar-refractivity contribution in [3.05, 3.63) is 58.7 Å². The third-order valence-electron chi connectivity index (χ3n) is 4.64. The first kappa shape index (κ1) is 20.2. The van der Waals surface area contributed by atoms with Crippen LogP contribution in [0, 0.1) is 0 Å². The van der Waals surface area contributed by atoms with Gasteiger partial charge in [-0.1, -0.05) is 0 Å². The maximum atomic E-state index is 6.53. The molecule has 0 fully saturated rings. The van der Waals surface area contributed by atoms with Gasteiger partial charge in [0, 0.05) is 0 Å². The minimum atomic E-state index is -3.18. The molecule has 0 radical (unpaired) electrons. The van der Waals surface area contributed by atoms with Gasteiger partial charge < -0.3 is 0 Å². The molecule has 0 aromatic heterocycles. The average Bonchev–Trinajstić information content (AvgIpc) is 2.60. The summed E-state index contributed by atoms with van der Waals surface area (Å²) in [5, 5.41) is 0. The number of hydrogen-bond acceptors (Lipinski definition) is 2. The normalized spacial score (nSPS) is 11.4. The quantitative estimate of drug-likeness (QED) is 0.456. The van der Waals surface area contributed by atoms with Crippen LogP contribution in [0.15, 0.2) is 36.4 Å². The van der Waals surface area contributed by atoms with Crippen molar-refractivity contribution in [2.45, 2.75) is 63.3 Å². The van der Waals surface area contributed by atoms with Crippen molar-refractivity contribution in [2.75, 3.05) is 0 Å². The Balaban J connectivity index is 2.29. The van der Waals surface area contributed by atoms with Gasteiger partial charge in [-0.2, -0.15) is 0 Å². The molecule has 2 nitrogen and oxygen atoms in total. The van der Waals surface area contributed by atoms with Crippen molar-refractivity contribution in [2.24, 2.45) is 0 Å². The number of hydrogen-bond donors (Lipinski definition) is 0. The Morgan fingerprint density at radius 3 is 1.36 bits per heavy atom. The third kappa shape index (κ3) is 4.93. The first-order valence-electron chi connectivity index (χ1n) is 9.55. The zero-order valence-electron chi connectivity index (χ0n) is 16.6. The fourth-order valence-electron chi connectivity index (χ4n) is 3.43. The van der Waals surface area contributed by atoms with E-state index in [1.165, 1.54) is 22.3 Å². The molecule has 0 saturated heterocycles. The molecule has 0 amide bonds. The van der Waals surface area contributed by atoms with Gasteiger partial charge in [-0.3, -0.25) is 0 Å². The number of rotatable bonds is 8. The van der Waals surface area contributed by atoms with Gasteiger partial charge in [-0.05, 0) is 0 Å². The van der Waals surface area contributed by atoms with Gasteiger partial charge >= 0.3 is 159 Å². The minimum absolute atomic E-state index is 0.993. The molecule has 0 aliphatic rings. The van der Waals surface area contributed by atoms with Crippen LogP contribution in [0.4, 0.5) is 0 Å². The van der Waals surface area contributed by atoms with Crippen molar-refractivity contribution in [1.29, 1.82) is 0 Å². The molecule has 0 heterocycles. The molecule has 136 valence electrons. The zero-order valence-corrected chi connectivity index (χ0v) is 19.5. The average molecular weight is 447 g/mol. The van der Waals surface area contributed by atoms with Gasteiger partial charge in [0.25, 0.3) is 0 Å². The molecule has 0 bridgehead atoms. The van der Waals surface area contributed by atoms with E-state index in [1.54, 1.807) is 0 Å². The second kappa shape index (κ2) is 8.97. The topological polar surface area (TPSA) is 18.5 Å². The van der Waals surface area contributed by atoms with E-state index in [9.17, 15) is 0 Å². The number of benzene rings is 2. The monoisotopic (exact) mass is 448 g/mol. The summed E-state index contributed by atoms with van der Waals surface area (Å²) in [7, 11) is 0. The van der Waals surface area contributed by atoms with E-state index in [1.807, 2.05) is 0 Å². The van der Waals surface area contributed by atoms with Crippen LogP contribution >= 0.6 is 0 Å². The molecular weight excluding hydrogens is 415 g/mol. The molecule has 3 heteroatoms. The van der Waals surface area contributed by atoms with Crippen LogP contribution < -0.4 is 6.15 Å². The Morgan fingerprint density at radius 2 is 1.04 bits per heavy atom. The van der Waals surface area contributed by atoms with Gasteiger partial charge in [-0.25, -0.2) is 0 Å². The summed E-state index contributed by atoms with van der Waals surface area (Å²) in [6, 6.07) is 12.8. The summed E-state index contributed by atoms with van der Waals surface area (Å²) in [5.74, 6) is 2.04. The van der Waals surface area contributed by atoms with E-state index < -0.39 is 19.2 Å². The summed E-state index contributed by atoms with van der Waals surface area (Å²) in [6.07, 6.45) is 4.06. The second-order valence-corrected chi connectivity index (χ2v) is 16.0. The maximum absolute atomic E-state index is 6.53. The summed E-state index contributed by atoms with van der Waals surface area (Å²) in [4.78, 5) is 4.40. The predicted molar refractivity (Wildman–Crippen MR) is 109 cm³/mol. The van der Waals surface area contributed by atoms with Gasteiger partial charge in [0.05, 0.1) is 0 Å². The molecule has 0 aliphatic heterocycles. The van der Waals surface area contributed by atoms with Crippen LogP contribution in [0.3, 0.4) is 0 Å². The predicted octanol–water partition coefficient (Wildman–Crippen LogP) is 6.10. The second-order valence-electron chi connectivity index (χ2n) is 6.81. The zero-order chi connectivity index (χ0) is 18.4. The van der Waals surface area contributed by atoms with Crippen LogP contribution in [0.5, 0.6) is 11.5 Å². The molecule has 0 atom stereocenters. The molecule has 25 heavy (non-hydrogen) atoms. The molecule has 0 saturated carbocycles. The van der Waals surface area contributed by atoms with E-state index >= 15 is 0 Å². The van der Waals surface area contributed by atoms with E-state index in [0.29, 0.717) is 0 Å².